The second kappa shape index (κ2) is 9.25. The standard InChI is InChI=1S/C23H30N4O2/c28-22(13-12-17-7-2-1-3-8-17)27-14-6-9-18(16-27)20-15-21(26-25-20)23(29)24-19-10-4-5-11-19/h1-3,7-8,15,18-19H,4-6,9-14,16H2,(H,24,29)(H,25,26). The van der Waals surface area contributed by atoms with E-state index in [1.165, 1.54) is 18.4 Å². The number of likely N-dealkylation sites (tertiary alicyclic amines) is 1. The molecular weight excluding hydrogens is 364 g/mol. The van der Waals surface area contributed by atoms with Gasteiger partial charge in [-0.3, -0.25) is 14.7 Å². The Labute approximate surface area is 172 Å². The van der Waals surface area contributed by atoms with Crippen molar-refractivity contribution in [2.75, 3.05) is 13.1 Å². The van der Waals surface area contributed by atoms with Crippen LogP contribution in [-0.2, 0) is 11.2 Å². The summed E-state index contributed by atoms with van der Waals surface area (Å²) in [7, 11) is 0. The maximum atomic E-state index is 12.7. The van der Waals surface area contributed by atoms with Gasteiger partial charge in [0.15, 0.2) is 0 Å². The number of nitrogens with zero attached hydrogens (tertiary/aromatic N) is 2. The number of carbonyl (C=O) groups excluding carboxylic acids is 2. The molecule has 2 aromatic rings. The zero-order valence-corrected chi connectivity index (χ0v) is 16.9. The van der Waals surface area contributed by atoms with Crippen LogP contribution in [0, 0.1) is 0 Å². The highest BCUT2D eigenvalue weighted by Crippen LogP contribution is 2.27. The number of hydrogen-bond acceptors (Lipinski definition) is 3. The number of amides is 2. The molecule has 6 nitrogen and oxygen atoms in total. The first-order chi connectivity index (χ1) is 14.2. The van der Waals surface area contributed by atoms with Crippen LogP contribution in [0.1, 0.15) is 72.6 Å². The van der Waals surface area contributed by atoms with Crippen molar-refractivity contribution in [3.63, 3.8) is 0 Å². The van der Waals surface area contributed by atoms with Gasteiger partial charge < -0.3 is 10.2 Å². The molecule has 1 aromatic carbocycles. The molecule has 2 heterocycles. The molecule has 0 bridgehead atoms. The quantitative estimate of drug-likeness (QED) is 0.788. The topological polar surface area (TPSA) is 78.1 Å². The number of piperidine rings is 1. The molecule has 1 unspecified atom stereocenters. The number of aryl methyl sites for hydroxylation is 1. The van der Waals surface area contributed by atoms with Crippen LogP contribution in [0.4, 0.5) is 0 Å². The SMILES string of the molecule is O=C(NC1CCCC1)c1cc(C2CCCN(C(=O)CCc3ccccc3)C2)[nH]n1. The van der Waals surface area contributed by atoms with Gasteiger partial charge in [0.25, 0.3) is 5.91 Å². The molecule has 0 radical (unpaired) electrons. The van der Waals surface area contributed by atoms with E-state index in [1.54, 1.807) is 0 Å². The van der Waals surface area contributed by atoms with Gasteiger partial charge in [-0.25, -0.2) is 0 Å². The molecular formula is C23H30N4O2. The number of benzene rings is 1. The Balaban J connectivity index is 1.31. The molecule has 2 aliphatic rings. The predicted octanol–water partition coefficient (Wildman–Crippen LogP) is 3.42. The fraction of sp³-hybridized carbons (Fsp3) is 0.522. The molecule has 29 heavy (non-hydrogen) atoms. The molecule has 6 heteroatoms. The number of carbonyl (C=O) groups is 2. The molecule has 4 rings (SSSR count). The minimum atomic E-state index is -0.0917. The Morgan fingerprint density at radius 3 is 2.69 bits per heavy atom. The Bertz CT molecular complexity index is 826. The van der Waals surface area contributed by atoms with E-state index >= 15 is 0 Å². The molecule has 1 aliphatic heterocycles. The predicted molar refractivity (Wildman–Crippen MR) is 112 cm³/mol. The van der Waals surface area contributed by atoms with Gasteiger partial charge in [-0.05, 0) is 43.7 Å². The summed E-state index contributed by atoms with van der Waals surface area (Å²) >= 11 is 0. The van der Waals surface area contributed by atoms with Crippen molar-refractivity contribution in [3.8, 4) is 0 Å². The summed E-state index contributed by atoms with van der Waals surface area (Å²) < 4.78 is 0. The monoisotopic (exact) mass is 394 g/mol. The molecule has 2 N–H and O–H groups in total. The highest BCUT2D eigenvalue weighted by atomic mass is 16.2. The number of H-pyrrole nitrogens is 1. The number of aromatic nitrogens is 2. The number of rotatable bonds is 6. The molecule has 1 saturated carbocycles. The highest BCUT2D eigenvalue weighted by Gasteiger charge is 2.27. The maximum Gasteiger partial charge on any atom is 0.271 e. The van der Waals surface area contributed by atoms with Gasteiger partial charge in [0.05, 0.1) is 0 Å². The Morgan fingerprint density at radius 2 is 1.90 bits per heavy atom. The van der Waals surface area contributed by atoms with E-state index in [-0.39, 0.29) is 23.8 Å². The van der Waals surface area contributed by atoms with E-state index in [1.807, 2.05) is 29.2 Å². The van der Waals surface area contributed by atoms with Gasteiger partial charge in [-0.2, -0.15) is 5.10 Å². The van der Waals surface area contributed by atoms with Crippen molar-refractivity contribution >= 4 is 11.8 Å². The minimum Gasteiger partial charge on any atom is -0.348 e. The third-order valence-electron chi connectivity index (χ3n) is 6.20. The summed E-state index contributed by atoms with van der Waals surface area (Å²) in [5.74, 6) is 0.327. The average molecular weight is 395 g/mol. The summed E-state index contributed by atoms with van der Waals surface area (Å²) in [5.41, 5.74) is 2.61. The third kappa shape index (κ3) is 5.05. The zero-order chi connectivity index (χ0) is 20.1. The zero-order valence-electron chi connectivity index (χ0n) is 16.9. The van der Waals surface area contributed by atoms with Gasteiger partial charge in [-0.15, -0.1) is 0 Å². The average Bonchev–Trinajstić information content (AvgIpc) is 3.45. The van der Waals surface area contributed by atoms with Crippen molar-refractivity contribution in [1.29, 1.82) is 0 Å². The van der Waals surface area contributed by atoms with Crippen molar-refractivity contribution in [3.05, 3.63) is 53.3 Å². The number of hydrogen-bond donors (Lipinski definition) is 2. The lowest BCUT2D eigenvalue weighted by Gasteiger charge is -2.32. The first kappa shape index (κ1) is 19.7. The summed E-state index contributed by atoms with van der Waals surface area (Å²) in [4.78, 5) is 27.1. The molecule has 1 aliphatic carbocycles. The van der Waals surface area contributed by atoms with Gasteiger partial charge in [0.2, 0.25) is 5.91 Å². The molecule has 2 amide bonds. The summed E-state index contributed by atoms with van der Waals surface area (Å²) in [6.07, 6.45) is 7.79. The van der Waals surface area contributed by atoms with Crippen LogP contribution in [0.3, 0.4) is 0 Å². The Morgan fingerprint density at radius 1 is 1.10 bits per heavy atom. The number of aromatic amines is 1. The van der Waals surface area contributed by atoms with Gasteiger partial charge in [0, 0.05) is 37.2 Å². The van der Waals surface area contributed by atoms with Gasteiger partial charge in [-0.1, -0.05) is 43.2 Å². The van der Waals surface area contributed by atoms with Crippen LogP contribution in [0.25, 0.3) is 0 Å². The first-order valence-electron chi connectivity index (χ1n) is 10.9. The highest BCUT2D eigenvalue weighted by molar-refractivity contribution is 5.92. The van der Waals surface area contributed by atoms with Gasteiger partial charge in [0.1, 0.15) is 5.69 Å². The van der Waals surface area contributed by atoms with Crippen LogP contribution in [0.5, 0.6) is 0 Å². The maximum absolute atomic E-state index is 12.7. The minimum absolute atomic E-state index is 0.0917. The van der Waals surface area contributed by atoms with E-state index in [9.17, 15) is 9.59 Å². The molecule has 1 saturated heterocycles. The van der Waals surface area contributed by atoms with E-state index in [0.717, 1.165) is 44.3 Å². The van der Waals surface area contributed by atoms with Crippen molar-refractivity contribution < 1.29 is 9.59 Å². The van der Waals surface area contributed by atoms with E-state index in [0.29, 0.717) is 18.7 Å². The van der Waals surface area contributed by atoms with E-state index in [4.69, 9.17) is 0 Å². The Hall–Kier alpha value is -2.63. The molecule has 2 fully saturated rings. The normalized spacial score (nSPS) is 20.0. The fourth-order valence-corrected chi connectivity index (χ4v) is 4.50. The lowest BCUT2D eigenvalue weighted by molar-refractivity contribution is -0.132. The largest absolute Gasteiger partial charge is 0.348 e. The van der Waals surface area contributed by atoms with Crippen molar-refractivity contribution in [2.45, 2.75) is 63.3 Å². The van der Waals surface area contributed by atoms with Crippen LogP contribution >= 0.6 is 0 Å². The van der Waals surface area contributed by atoms with E-state index < -0.39 is 0 Å². The first-order valence-corrected chi connectivity index (χ1v) is 10.9. The molecule has 1 atom stereocenters. The van der Waals surface area contributed by atoms with Crippen LogP contribution in [0.2, 0.25) is 0 Å². The lowest BCUT2D eigenvalue weighted by atomic mass is 9.94. The van der Waals surface area contributed by atoms with Crippen molar-refractivity contribution in [1.82, 2.24) is 20.4 Å². The summed E-state index contributed by atoms with van der Waals surface area (Å²) in [6, 6.07) is 12.3. The summed E-state index contributed by atoms with van der Waals surface area (Å²) in [5, 5.41) is 10.4. The Kier molecular flexibility index (Phi) is 6.27. The summed E-state index contributed by atoms with van der Waals surface area (Å²) in [6.45, 7) is 1.51. The second-order valence-electron chi connectivity index (χ2n) is 8.33. The number of nitrogens with one attached hydrogen (secondary N) is 2. The molecule has 154 valence electrons. The molecule has 1 aromatic heterocycles. The molecule has 0 spiro atoms. The van der Waals surface area contributed by atoms with E-state index in [2.05, 4.69) is 27.6 Å². The van der Waals surface area contributed by atoms with Crippen molar-refractivity contribution in [2.24, 2.45) is 0 Å². The van der Waals surface area contributed by atoms with Gasteiger partial charge >= 0.3 is 0 Å². The third-order valence-corrected chi connectivity index (χ3v) is 6.20. The fourth-order valence-electron chi connectivity index (χ4n) is 4.50. The van der Waals surface area contributed by atoms with Crippen LogP contribution < -0.4 is 5.32 Å². The second-order valence-corrected chi connectivity index (χ2v) is 8.33. The van der Waals surface area contributed by atoms with Crippen LogP contribution in [0.15, 0.2) is 36.4 Å². The van der Waals surface area contributed by atoms with Crippen LogP contribution in [-0.4, -0.2) is 46.0 Å². The smallest absolute Gasteiger partial charge is 0.271 e. The lowest BCUT2D eigenvalue weighted by Crippen LogP contribution is -2.39.